The van der Waals surface area contributed by atoms with Gasteiger partial charge in [-0.3, -0.25) is 14.5 Å². The summed E-state index contributed by atoms with van der Waals surface area (Å²) in [5.41, 5.74) is 1.88. The predicted octanol–water partition coefficient (Wildman–Crippen LogP) is 2.52. The zero-order valence-corrected chi connectivity index (χ0v) is 14.9. The van der Waals surface area contributed by atoms with Gasteiger partial charge in [0.1, 0.15) is 0 Å². The van der Waals surface area contributed by atoms with E-state index in [-0.39, 0.29) is 11.8 Å². The van der Waals surface area contributed by atoms with Gasteiger partial charge in [-0.2, -0.15) is 0 Å². The van der Waals surface area contributed by atoms with Crippen molar-refractivity contribution in [2.24, 2.45) is 0 Å². The summed E-state index contributed by atoms with van der Waals surface area (Å²) in [5, 5.41) is 2.98. The molecule has 1 heterocycles. The van der Waals surface area contributed by atoms with Crippen molar-refractivity contribution in [3.63, 3.8) is 0 Å². The van der Waals surface area contributed by atoms with Gasteiger partial charge < -0.3 is 10.2 Å². The van der Waals surface area contributed by atoms with E-state index in [0.717, 1.165) is 24.3 Å². The van der Waals surface area contributed by atoms with E-state index in [1.807, 2.05) is 24.3 Å². The molecule has 0 radical (unpaired) electrons. The summed E-state index contributed by atoms with van der Waals surface area (Å²) < 4.78 is 0. The Morgan fingerprint density at radius 1 is 1.12 bits per heavy atom. The van der Waals surface area contributed by atoms with Crippen molar-refractivity contribution in [3.8, 4) is 0 Å². The van der Waals surface area contributed by atoms with E-state index in [0.29, 0.717) is 19.4 Å². The first-order chi connectivity index (χ1) is 11.5. The molecule has 0 spiro atoms. The van der Waals surface area contributed by atoms with Crippen LogP contribution < -0.4 is 5.32 Å². The monoisotopic (exact) mass is 331 g/mol. The van der Waals surface area contributed by atoms with Gasteiger partial charge in [0, 0.05) is 26.2 Å². The van der Waals surface area contributed by atoms with Crippen LogP contribution in [0.5, 0.6) is 0 Å². The number of hydrogen-bond donors (Lipinski definition) is 1. The lowest BCUT2D eigenvalue weighted by atomic mass is 10.1. The lowest BCUT2D eigenvalue weighted by Gasteiger charge is -2.19. The van der Waals surface area contributed by atoms with E-state index in [9.17, 15) is 9.59 Å². The number of anilines is 1. The third kappa shape index (κ3) is 6.32. The van der Waals surface area contributed by atoms with Gasteiger partial charge in [-0.15, -0.1) is 0 Å². The Morgan fingerprint density at radius 3 is 2.50 bits per heavy atom. The van der Waals surface area contributed by atoms with Crippen molar-refractivity contribution < 1.29 is 9.59 Å². The molecule has 0 unspecified atom stereocenters. The van der Waals surface area contributed by atoms with Crippen molar-refractivity contribution in [3.05, 3.63) is 29.8 Å². The second-order valence-electron chi connectivity index (χ2n) is 6.73. The average Bonchev–Trinajstić information content (AvgIpc) is 2.81. The van der Waals surface area contributed by atoms with E-state index in [1.165, 1.54) is 25.7 Å². The van der Waals surface area contributed by atoms with Crippen LogP contribution in [0.1, 0.15) is 37.7 Å². The molecule has 132 valence electrons. The number of nitrogens with zero attached hydrogens (tertiary/aromatic N) is 2. The van der Waals surface area contributed by atoms with Crippen LogP contribution in [-0.4, -0.2) is 55.3 Å². The molecule has 1 N–H and O–H groups in total. The fourth-order valence-corrected chi connectivity index (χ4v) is 2.98. The minimum Gasteiger partial charge on any atom is -0.349 e. The molecule has 1 aromatic rings. The van der Waals surface area contributed by atoms with Crippen LogP contribution in [0.2, 0.25) is 0 Å². The minimum atomic E-state index is 0.0402. The largest absolute Gasteiger partial charge is 0.349 e. The number of hydrogen-bond acceptors (Lipinski definition) is 3. The lowest BCUT2D eigenvalue weighted by Crippen LogP contribution is -2.33. The summed E-state index contributed by atoms with van der Waals surface area (Å²) in [6, 6.07) is 7.78. The maximum atomic E-state index is 12.2. The second-order valence-corrected chi connectivity index (χ2v) is 6.73. The Hall–Kier alpha value is -1.88. The topological polar surface area (TPSA) is 52.7 Å². The van der Waals surface area contributed by atoms with Gasteiger partial charge in [0.25, 0.3) is 0 Å². The van der Waals surface area contributed by atoms with Gasteiger partial charge in [0.2, 0.25) is 11.8 Å². The molecule has 1 aliphatic rings. The lowest BCUT2D eigenvalue weighted by molar-refractivity contribution is -0.128. The van der Waals surface area contributed by atoms with E-state index in [1.54, 1.807) is 19.0 Å². The molecule has 1 saturated heterocycles. The molecule has 5 nitrogen and oxygen atoms in total. The molecule has 1 aromatic carbocycles. The third-order valence-corrected chi connectivity index (χ3v) is 4.40. The van der Waals surface area contributed by atoms with Crippen molar-refractivity contribution in [1.29, 1.82) is 0 Å². The Labute approximate surface area is 145 Å². The van der Waals surface area contributed by atoms with Crippen LogP contribution in [-0.2, 0) is 16.0 Å². The summed E-state index contributed by atoms with van der Waals surface area (Å²) in [4.78, 5) is 27.8. The minimum absolute atomic E-state index is 0.0402. The van der Waals surface area contributed by atoms with Crippen molar-refractivity contribution in [2.45, 2.75) is 38.5 Å². The highest BCUT2D eigenvalue weighted by molar-refractivity contribution is 5.92. The first kappa shape index (κ1) is 18.5. The summed E-state index contributed by atoms with van der Waals surface area (Å²) in [7, 11) is 3.53. The molecule has 24 heavy (non-hydrogen) atoms. The van der Waals surface area contributed by atoms with E-state index in [2.05, 4.69) is 10.2 Å². The fraction of sp³-hybridized carbons (Fsp3) is 0.579. The zero-order valence-electron chi connectivity index (χ0n) is 14.9. The zero-order chi connectivity index (χ0) is 17.4. The highest BCUT2D eigenvalue weighted by Gasteiger charge is 2.13. The summed E-state index contributed by atoms with van der Waals surface area (Å²) >= 11 is 0. The third-order valence-electron chi connectivity index (χ3n) is 4.40. The van der Waals surface area contributed by atoms with Crippen molar-refractivity contribution in [2.75, 3.05) is 39.0 Å². The van der Waals surface area contributed by atoms with E-state index in [4.69, 9.17) is 0 Å². The quantitative estimate of drug-likeness (QED) is 0.871. The van der Waals surface area contributed by atoms with Gasteiger partial charge in [-0.25, -0.2) is 0 Å². The van der Waals surface area contributed by atoms with Crippen LogP contribution in [0, 0.1) is 0 Å². The Kier molecular flexibility index (Phi) is 7.25. The number of carbonyl (C=O) groups is 2. The molecule has 0 saturated carbocycles. The van der Waals surface area contributed by atoms with Crippen LogP contribution in [0.3, 0.4) is 0 Å². The van der Waals surface area contributed by atoms with Crippen molar-refractivity contribution >= 4 is 17.5 Å². The Morgan fingerprint density at radius 2 is 1.83 bits per heavy atom. The number of carbonyl (C=O) groups excluding carboxylic acids is 2. The highest BCUT2D eigenvalue weighted by atomic mass is 16.2. The molecular weight excluding hydrogens is 302 g/mol. The van der Waals surface area contributed by atoms with E-state index < -0.39 is 0 Å². The van der Waals surface area contributed by atoms with Crippen LogP contribution in [0.25, 0.3) is 0 Å². The SMILES string of the molecule is CN(C)C(=O)CCc1cccc(NC(=O)CN2CCCCCC2)c1. The molecule has 0 aliphatic carbocycles. The Balaban J connectivity index is 1.84. The number of aryl methyl sites for hydroxylation is 1. The molecule has 0 bridgehead atoms. The van der Waals surface area contributed by atoms with Crippen LogP contribution >= 0.6 is 0 Å². The summed E-state index contributed by atoms with van der Waals surface area (Å²) in [5.74, 6) is 0.157. The van der Waals surface area contributed by atoms with Crippen LogP contribution in [0.15, 0.2) is 24.3 Å². The molecule has 0 atom stereocenters. The maximum Gasteiger partial charge on any atom is 0.238 e. The Bertz CT molecular complexity index is 549. The molecule has 2 amide bonds. The van der Waals surface area contributed by atoms with Gasteiger partial charge >= 0.3 is 0 Å². The normalized spacial score (nSPS) is 15.6. The van der Waals surface area contributed by atoms with Gasteiger partial charge in [0.05, 0.1) is 6.54 Å². The number of likely N-dealkylation sites (tertiary alicyclic amines) is 1. The van der Waals surface area contributed by atoms with Gasteiger partial charge in [-0.1, -0.05) is 25.0 Å². The molecule has 0 aromatic heterocycles. The second kappa shape index (κ2) is 9.42. The molecule has 5 heteroatoms. The molecule has 1 aliphatic heterocycles. The van der Waals surface area contributed by atoms with Crippen LogP contribution in [0.4, 0.5) is 5.69 Å². The summed E-state index contributed by atoms with van der Waals surface area (Å²) in [6.45, 7) is 2.49. The number of benzene rings is 1. The average molecular weight is 331 g/mol. The molecular formula is C19H29N3O2. The highest BCUT2D eigenvalue weighted by Crippen LogP contribution is 2.14. The first-order valence-electron chi connectivity index (χ1n) is 8.86. The van der Waals surface area contributed by atoms with E-state index >= 15 is 0 Å². The number of amides is 2. The molecule has 2 rings (SSSR count). The standard InChI is InChI=1S/C19H29N3O2/c1-21(2)19(24)11-10-16-8-7-9-17(14-16)20-18(23)15-22-12-5-3-4-6-13-22/h7-9,14H,3-6,10-13,15H2,1-2H3,(H,20,23). The molecule has 1 fully saturated rings. The van der Waals surface area contributed by atoms with Gasteiger partial charge in [-0.05, 0) is 50.0 Å². The first-order valence-corrected chi connectivity index (χ1v) is 8.86. The smallest absolute Gasteiger partial charge is 0.238 e. The fourth-order valence-electron chi connectivity index (χ4n) is 2.98. The number of nitrogens with one attached hydrogen (secondary N) is 1. The van der Waals surface area contributed by atoms with Gasteiger partial charge in [0.15, 0.2) is 0 Å². The number of rotatable bonds is 6. The summed E-state index contributed by atoms with van der Waals surface area (Å²) in [6.07, 6.45) is 6.08. The maximum absolute atomic E-state index is 12.2. The van der Waals surface area contributed by atoms with Crippen molar-refractivity contribution in [1.82, 2.24) is 9.80 Å². The predicted molar refractivity (Wildman–Crippen MR) is 97.0 cm³/mol.